The Kier molecular flexibility index (Phi) is 4.19. The average molecular weight is 419 g/mol. The molecule has 0 saturated carbocycles. The van der Waals surface area contributed by atoms with Crippen LogP contribution in [0.3, 0.4) is 0 Å². The molecule has 0 fully saturated rings. The molecule has 1 aliphatic heterocycles. The lowest BCUT2D eigenvalue weighted by Gasteiger charge is -2.34. The van der Waals surface area contributed by atoms with Gasteiger partial charge < -0.3 is 10.6 Å². The number of carbonyl (C=O) groups excluding carboxylic acids is 1. The highest BCUT2D eigenvalue weighted by Gasteiger charge is 2.36. The largest absolute Gasteiger partial charge is 0.353 e. The van der Waals surface area contributed by atoms with Gasteiger partial charge in [0.2, 0.25) is 0 Å². The number of benzene rings is 1. The van der Waals surface area contributed by atoms with Crippen molar-refractivity contribution in [3.05, 3.63) is 50.3 Å². The van der Waals surface area contributed by atoms with Crippen molar-refractivity contribution in [3.63, 3.8) is 0 Å². The van der Waals surface area contributed by atoms with Crippen LogP contribution in [0.1, 0.15) is 59.7 Å². The summed E-state index contributed by atoms with van der Waals surface area (Å²) in [4.78, 5) is 14.2. The van der Waals surface area contributed by atoms with Crippen molar-refractivity contribution in [1.29, 1.82) is 0 Å². The van der Waals surface area contributed by atoms with Crippen LogP contribution < -0.4 is 10.6 Å². The van der Waals surface area contributed by atoms with E-state index in [0.29, 0.717) is 11.3 Å². The fourth-order valence-electron chi connectivity index (χ4n) is 3.86. The Hall–Kier alpha value is -1.33. The van der Waals surface area contributed by atoms with Crippen LogP contribution in [0.2, 0.25) is 0 Å². The summed E-state index contributed by atoms with van der Waals surface area (Å²) in [7, 11) is 0. The molecule has 1 aromatic heterocycles. The van der Waals surface area contributed by atoms with Crippen molar-refractivity contribution < 1.29 is 4.79 Å². The highest BCUT2D eigenvalue weighted by molar-refractivity contribution is 9.10. The zero-order valence-corrected chi connectivity index (χ0v) is 17.2. The van der Waals surface area contributed by atoms with Crippen molar-refractivity contribution in [2.24, 2.45) is 11.3 Å². The molecule has 25 heavy (non-hydrogen) atoms. The van der Waals surface area contributed by atoms with Crippen LogP contribution in [0, 0.1) is 11.3 Å². The predicted molar refractivity (Wildman–Crippen MR) is 107 cm³/mol. The number of hydrogen-bond donors (Lipinski definition) is 2. The zero-order valence-electron chi connectivity index (χ0n) is 14.8. The molecule has 0 unspecified atom stereocenters. The molecule has 5 heteroatoms. The third kappa shape index (κ3) is 3.13. The molecule has 2 aliphatic rings. The number of rotatable bonds is 1. The Morgan fingerprint density at radius 3 is 2.56 bits per heavy atom. The summed E-state index contributed by atoms with van der Waals surface area (Å²) in [6.07, 6.45) is 3.12. The first-order valence-electron chi connectivity index (χ1n) is 8.80. The van der Waals surface area contributed by atoms with Gasteiger partial charge in [-0.1, -0.05) is 48.8 Å². The fourth-order valence-corrected chi connectivity index (χ4v) is 5.48. The Labute approximate surface area is 161 Å². The van der Waals surface area contributed by atoms with E-state index in [-0.39, 0.29) is 12.1 Å². The molecule has 2 N–H and O–H groups in total. The number of thiophene rings is 1. The topological polar surface area (TPSA) is 41.1 Å². The van der Waals surface area contributed by atoms with Crippen molar-refractivity contribution >= 4 is 38.2 Å². The van der Waals surface area contributed by atoms with E-state index >= 15 is 0 Å². The van der Waals surface area contributed by atoms with Gasteiger partial charge in [-0.25, -0.2) is 0 Å². The third-order valence-corrected chi connectivity index (χ3v) is 7.19. The molecule has 1 aromatic carbocycles. The summed E-state index contributed by atoms with van der Waals surface area (Å²) in [5, 5.41) is 7.71. The maximum atomic E-state index is 12.8. The number of carbonyl (C=O) groups is 1. The van der Waals surface area contributed by atoms with Gasteiger partial charge in [0.05, 0.1) is 5.56 Å². The summed E-state index contributed by atoms with van der Waals surface area (Å²) in [5.41, 5.74) is 3.55. The minimum atomic E-state index is -0.161. The van der Waals surface area contributed by atoms with Crippen molar-refractivity contribution in [2.45, 2.75) is 46.2 Å². The summed E-state index contributed by atoms with van der Waals surface area (Å²) in [6.45, 7) is 6.97. The SMILES string of the molecule is CC(C)(C)[C@@H]1CCc2c(sc3c2C(=O)N[C@H](c2ccc(Br)cc2)N3)C1. The van der Waals surface area contributed by atoms with Crippen LogP contribution in [0.5, 0.6) is 0 Å². The quantitative estimate of drug-likeness (QED) is 0.640. The predicted octanol–water partition coefficient (Wildman–Crippen LogP) is 5.52. The first-order valence-corrected chi connectivity index (χ1v) is 10.4. The molecule has 1 aliphatic carbocycles. The van der Waals surface area contributed by atoms with Gasteiger partial charge in [-0.05, 0) is 53.9 Å². The Bertz CT molecular complexity index is 819. The number of hydrogen-bond acceptors (Lipinski definition) is 3. The van der Waals surface area contributed by atoms with Crippen LogP contribution in [-0.4, -0.2) is 5.91 Å². The zero-order chi connectivity index (χ0) is 17.8. The Morgan fingerprint density at radius 1 is 1.16 bits per heavy atom. The molecule has 4 rings (SSSR count). The molecule has 2 heterocycles. The van der Waals surface area contributed by atoms with E-state index in [1.165, 1.54) is 16.9 Å². The van der Waals surface area contributed by atoms with E-state index in [9.17, 15) is 4.79 Å². The fraction of sp³-hybridized carbons (Fsp3) is 0.450. The number of fused-ring (bicyclic) bond motifs is 3. The lowest BCUT2D eigenvalue weighted by atomic mass is 9.72. The van der Waals surface area contributed by atoms with E-state index in [2.05, 4.69) is 47.3 Å². The van der Waals surface area contributed by atoms with E-state index in [1.54, 1.807) is 11.3 Å². The second-order valence-electron chi connectivity index (χ2n) is 8.12. The number of halogens is 1. The molecule has 0 bridgehead atoms. The van der Waals surface area contributed by atoms with Gasteiger partial charge in [0.15, 0.2) is 0 Å². The first kappa shape index (κ1) is 17.1. The maximum Gasteiger partial charge on any atom is 0.256 e. The Balaban J connectivity index is 1.64. The highest BCUT2D eigenvalue weighted by Crippen LogP contribution is 2.46. The molecule has 132 valence electrons. The van der Waals surface area contributed by atoms with Gasteiger partial charge in [-0.3, -0.25) is 4.79 Å². The molecule has 0 saturated heterocycles. The lowest BCUT2D eigenvalue weighted by Crippen LogP contribution is -2.38. The van der Waals surface area contributed by atoms with Crippen molar-refractivity contribution in [2.75, 3.05) is 5.32 Å². The van der Waals surface area contributed by atoms with Gasteiger partial charge in [0.1, 0.15) is 11.2 Å². The van der Waals surface area contributed by atoms with E-state index < -0.39 is 0 Å². The maximum absolute atomic E-state index is 12.8. The lowest BCUT2D eigenvalue weighted by molar-refractivity contribution is 0.0935. The molecular formula is C20H23BrN2OS. The molecule has 0 radical (unpaired) electrons. The van der Waals surface area contributed by atoms with Gasteiger partial charge in [0, 0.05) is 9.35 Å². The number of anilines is 1. The first-order chi connectivity index (χ1) is 11.8. The van der Waals surface area contributed by atoms with Gasteiger partial charge in [-0.2, -0.15) is 0 Å². The average Bonchev–Trinajstić information content (AvgIpc) is 2.92. The van der Waals surface area contributed by atoms with Crippen LogP contribution in [-0.2, 0) is 12.8 Å². The molecule has 0 spiro atoms. The van der Waals surface area contributed by atoms with Crippen LogP contribution in [0.25, 0.3) is 0 Å². The summed E-state index contributed by atoms with van der Waals surface area (Å²) >= 11 is 5.24. The van der Waals surface area contributed by atoms with E-state index in [0.717, 1.165) is 33.4 Å². The molecule has 2 aromatic rings. The summed E-state index contributed by atoms with van der Waals surface area (Å²) < 4.78 is 1.04. The van der Waals surface area contributed by atoms with Crippen LogP contribution >= 0.6 is 27.3 Å². The molecular weight excluding hydrogens is 396 g/mol. The molecule has 2 atom stereocenters. The minimum Gasteiger partial charge on any atom is -0.353 e. The van der Waals surface area contributed by atoms with E-state index in [1.807, 2.05) is 24.3 Å². The van der Waals surface area contributed by atoms with E-state index in [4.69, 9.17) is 0 Å². The Morgan fingerprint density at radius 2 is 1.88 bits per heavy atom. The van der Waals surface area contributed by atoms with Crippen molar-refractivity contribution in [1.82, 2.24) is 5.32 Å². The number of amides is 1. The van der Waals surface area contributed by atoms with Crippen molar-refractivity contribution in [3.8, 4) is 0 Å². The minimum absolute atomic E-state index is 0.0633. The molecule has 1 amide bonds. The molecule has 3 nitrogen and oxygen atoms in total. The van der Waals surface area contributed by atoms with Gasteiger partial charge >= 0.3 is 0 Å². The van der Waals surface area contributed by atoms with Gasteiger partial charge in [-0.15, -0.1) is 11.3 Å². The smallest absolute Gasteiger partial charge is 0.256 e. The number of nitrogens with one attached hydrogen (secondary N) is 2. The summed E-state index contributed by atoms with van der Waals surface area (Å²) in [5.74, 6) is 0.749. The summed E-state index contributed by atoms with van der Waals surface area (Å²) in [6, 6.07) is 8.09. The highest BCUT2D eigenvalue weighted by atomic mass is 79.9. The van der Waals surface area contributed by atoms with Gasteiger partial charge in [0.25, 0.3) is 5.91 Å². The second-order valence-corrected chi connectivity index (χ2v) is 10.1. The van der Waals surface area contributed by atoms with Crippen LogP contribution in [0.15, 0.2) is 28.7 Å². The standard InChI is InChI=1S/C20H23BrN2OS/c1-20(2,3)12-6-9-14-15(10-12)25-19-16(14)18(24)22-17(23-19)11-4-7-13(21)8-5-11/h4-5,7-8,12,17,23H,6,9-10H2,1-3H3,(H,22,24)/t12-,17+/m1/s1. The third-order valence-electron chi connectivity index (χ3n) is 5.47. The monoisotopic (exact) mass is 418 g/mol. The normalized spacial score (nSPS) is 22.6. The second kappa shape index (κ2) is 6.13. The van der Waals surface area contributed by atoms with Crippen LogP contribution in [0.4, 0.5) is 5.00 Å².